The summed E-state index contributed by atoms with van der Waals surface area (Å²) < 4.78 is 2.58. The van der Waals surface area contributed by atoms with Gasteiger partial charge in [-0.25, -0.2) is 4.98 Å². The molecule has 1 fully saturated rings. The first-order chi connectivity index (χ1) is 17.4. The Morgan fingerprint density at radius 1 is 1.11 bits per heavy atom. The Kier molecular flexibility index (Phi) is 7.72. The molecule has 1 unspecified atom stereocenters. The van der Waals surface area contributed by atoms with E-state index < -0.39 is 0 Å². The Bertz CT molecular complexity index is 1430. The number of halogens is 4. The van der Waals surface area contributed by atoms with Crippen LogP contribution in [-0.2, 0) is 11.2 Å². The maximum absolute atomic E-state index is 13.0. The van der Waals surface area contributed by atoms with Crippen LogP contribution in [0.25, 0.3) is 16.9 Å². The van der Waals surface area contributed by atoms with Crippen molar-refractivity contribution in [3.8, 4) is 11.3 Å². The zero-order valence-corrected chi connectivity index (χ0v) is 23.1. The molecule has 10 heteroatoms. The Hall–Kier alpha value is -2.32. The highest BCUT2D eigenvalue weighted by atomic mass is 79.9. The minimum Gasteiger partial charge on any atom is -0.370 e. The average Bonchev–Trinajstić information content (AvgIpc) is 3.25. The minimum absolute atomic E-state index is 0.0761. The number of amides is 1. The highest BCUT2D eigenvalue weighted by Gasteiger charge is 2.24. The normalized spacial score (nSPS) is 15.9. The summed E-state index contributed by atoms with van der Waals surface area (Å²) in [5.41, 5.74) is 3.11. The standard InChI is InChI=1S/C26H23BrCl3N5O/c27-20-14-32-35-24(12-23(33-26(20)35)19-5-1-2-6-21(19)29)31-13-16-4-3-9-34(15-16)25(36)10-17-7-8-18(28)11-22(17)30/h1-2,5-8,11-12,14,16,31H,3-4,9-10,13,15H2. The number of fused-ring (bicyclic) bond motifs is 1. The number of rotatable bonds is 6. The molecule has 1 aliphatic rings. The number of benzene rings is 2. The number of piperidine rings is 1. The zero-order valence-electron chi connectivity index (χ0n) is 19.2. The highest BCUT2D eigenvalue weighted by Crippen LogP contribution is 2.31. The van der Waals surface area contributed by atoms with E-state index in [1.807, 2.05) is 41.3 Å². The number of nitrogens with one attached hydrogen (secondary N) is 1. The Morgan fingerprint density at radius 3 is 2.75 bits per heavy atom. The molecule has 1 N–H and O–H groups in total. The van der Waals surface area contributed by atoms with E-state index in [0.29, 0.717) is 39.7 Å². The van der Waals surface area contributed by atoms with Gasteiger partial charge in [-0.2, -0.15) is 9.61 Å². The van der Waals surface area contributed by atoms with Crippen molar-refractivity contribution >= 4 is 68.1 Å². The van der Waals surface area contributed by atoms with Crippen LogP contribution in [0.15, 0.2) is 59.2 Å². The van der Waals surface area contributed by atoms with Crippen molar-refractivity contribution in [2.24, 2.45) is 5.92 Å². The molecule has 4 aromatic rings. The molecular weight excluding hydrogens is 585 g/mol. The molecule has 36 heavy (non-hydrogen) atoms. The second kappa shape index (κ2) is 11.0. The maximum atomic E-state index is 13.0. The first-order valence-electron chi connectivity index (χ1n) is 11.6. The largest absolute Gasteiger partial charge is 0.370 e. The van der Waals surface area contributed by atoms with Gasteiger partial charge in [-0.15, -0.1) is 0 Å². The lowest BCUT2D eigenvalue weighted by Gasteiger charge is -2.33. The molecule has 1 amide bonds. The van der Waals surface area contributed by atoms with E-state index in [4.69, 9.17) is 39.8 Å². The van der Waals surface area contributed by atoms with Crippen LogP contribution in [0.3, 0.4) is 0 Å². The Balaban J connectivity index is 1.30. The number of carbonyl (C=O) groups is 1. The van der Waals surface area contributed by atoms with Crippen molar-refractivity contribution < 1.29 is 4.79 Å². The van der Waals surface area contributed by atoms with Crippen molar-refractivity contribution in [2.45, 2.75) is 19.3 Å². The van der Waals surface area contributed by atoms with E-state index in [1.54, 1.807) is 22.8 Å². The van der Waals surface area contributed by atoms with E-state index in [9.17, 15) is 4.79 Å². The summed E-state index contributed by atoms with van der Waals surface area (Å²) in [6.45, 7) is 2.14. The predicted molar refractivity (Wildman–Crippen MR) is 149 cm³/mol. The monoisotopic (exact) mass is 605 g/mol. The third kappa shape index (κ3) is 5.49. The van der Waals surface area contributed by atoms with E-state index >= 15 is 0 Å². The molecule has 6 nitrogen and oxygen atoms in total. The number of likely N-dealkylation sites (tertiary alicyclic amines) is 1. The smallest absolute Gasteiger partial charge is 0.227 e. The average molecular weight is 608 g/mol. The second-order valence-corrected chi connectivity index (χ2v) is 11.0. The van der Waals surface area contributed by atoms with E-state index in [1.165, 1.54) is 0 Å². The zero-order chi connectivity index (χ0) is 25.2. The number of aromatic nitrogens is 3. The Morgan fingerprint density at radius 2 is 1.94 bits per heavy atom. The van der Waals surface area contributed by atoms with Gasteiger partial charge in [-0.3, -0.25) is 4.79 Å². The molecule has 2 aromatic carbocycles. The maximum Gasteiger partial charge on any atom is 0.227 e. The van der Waals surface area contributed by atoms with E-state index in [0.717, 1.165) is 46.5 Å². The molecule has 0 aliphatic carbocycles. The van der Waals surface area contributed by atoms with Gasteiger partial charge in [0.1, 0.15) is 5.82 Å². The molecule has 1 aliphatic heterocycles. The van der Waals surface area contributed by atoms with Crippen LogP contribution in [0.2, 0.25) is 15.1 Å². The van der Waals surface area contributed by atoms with Crippen molar-refractivity contribution in [3.63, 3.8) is 0 Å². The summed E-state index contributed by atoms with van der Waals surface area (Å²) in [5, 5.41) is 9.74. The van der Waals surface area contributed by atoms with Gasteiger partial charge in [-0.1, -0.05) is 59.1 Å². The third-order valence-corrected chi connectivity index (χ3v) is 7.85. The third-order valence-electron chi connectivity index (χ3n) is 6.38. The predicted octanol–water partition coefficient (Wildman–Crippen LogP) is 7.01. The fraction of sp³-hybridized carbons (Fsp3) is 0.269. The number of carbonyl (C=O) groups excluding carboxylic acids is 1. The lowest BCUT2D eigenvalue weighted by atomic mass is 9.97. The fourth-order valence-corrected chi connectivity index (χ4v) is 5.57. The van der Waals surface area contributed by atoms with Gasteiger partial charge in [0.25, 0.3) is 0 Å². The number of hydrogen-bond acceptors (Lipinski definition) is 4. The molecule has 186 valence electrons. The first kappa shape index (κ1) is 25.3. The van der Waals surface area contributed by atoms with Crippen LogP contribution in [-0.4, -0.2) is 45.0 Å². The number of nitrogens with zero attached hydrogens (tertiary/aromatic N) is 4. The van der Waals surface area contributed by atoms with Crippen LogP contribution >= 0.6 is 50.7 Å². The van der Waals surface area contributed by atoms with Crippen molar-refractivity contribution in [3.05, 3.63) is 79.8 Å². The summed E-state index contributed by atoms with van der Waals surface area (Å²) >= 11 is 22.3. The second-order valence-electron chi connectivity index (χ2n) is 8.88. The molecule has 0 bridgehead atoms. The molecule has 0 saturated carbocycles. The number of hydrogen-bond donors (Lipinski definition) is 1. The molecule has 5 rings (SSSR count). The molecular formula is C26H23BrCl3N5O. The lowest BCUT2D eigenvalue weighted by Crippen LogP contribution is -2.42. The number of anilines is 1. The van der Waals surface area contributed by atoms with Gasteiger partial charge in [-0.05, 0) is 58.5 Å². The van der Waals surface area contributed by atoms with E-state index in [-0.39, 0.29) is 12.3 Å². The van der Waals surface area contributed by atoms with Crippen LogP contribution in [0, 0.1) is 5.92 Å². The van der Waals surface area contributed by atoms with Crippen LogP contribution in [0.4, 0.5) is 5.82 Å². The molecule has 2 aromatic heterocycles. The highest BCUT2D eigenvalue weighted by molar-refractivity contribution is 9.10. The Labute approximate surface area is 232 Å². The molecule has 0 spiro atoms. The quantitative estimate of drug-likeness (QED) is 0.256. The summed E-state index contributed by atoms with van der Waals surface area (Å²) in [5.74, 6) is 1.19. The van der Waals surface area contributed by atoms with Gasteiger partial charge in [0.05, 0.1) is 22.8 Å². The van der Waals surface area contributed by atoms with Crippen LogP contribution in [0.5, 0.6) is 0 Å². The SMILES string of the molecule is O=C(Cc1ccc(Cl)cc1Cl)N1CCCC(CNc2cc(-c3ccccc3Cl)nc3c(Br)cnn23)C1. The molecule has 1 atom stereocenters. The molecule has 3 heterocycles. The molecule has 0 radical (unpaired) electrons. The summed E-state index contributed by atoms with van der Waals surface area (Å²) in [6, 6.07) is 14.9. The fourth-order valence-electron chi connectivity index (χ4n) is 4.52. The van der Waals surface area contributed by atoms with Gasteiger partial charge >= 0.3 is 0 Å². The van der Waals surface area contributed by atoms with Crippen LogP contribution < -0.4 is 5.32 Å². The van der Waals surface area contributed by atoms with Gasteiger partial charge in [0, 0.05) is 46.3 Å². The topological polar surface area (TPSA) is 62.5 Å². The van der Waals surface area contributed by atoms with Gasteiger partial charge in [0.2, 0.25) is 5.91 Å². The van der Waals surface area contributed by atoms with Crippen molar-refractivity contribution in [2.75, 3.05) is 25.0 Å². The van der Waals surface area contributed by atoms with Crippen molar-refractivity contribution in [1.82, 2.24) is 19.5 Å². The van der Waals surface area contributed by atoms with Gasteiger partial charge in [0.15, 0.2) is 5.65 Å². The first-order valence-corrected chi connectivity index (χ1v) is 13.6. The van der Waals surface area contributed by atoms with Crippen molar-refractivity contribution in [1.29, 1.82) is 0 Å². The summed E-state index contributed by atoms with van der Waals surface area (Å²) in [4.78, 5) is 19.7. The van der Waals surface area contributed by atoms with Gasteiger partial charge < -0.3 is 10.2 Å². The summed E-state index contributed by atoms with van der Waals surface area (Å²) in [7, 11) is 0. The van der Waals surface area contributed by atoms with E-state index in [2.05, 4.69) is 26.3 Å². The minimum atomic E-state index is 0.0761. The summed E-state index contributed by atoms with van der Waals surface area (Å²) in [6.07, 6.45) is 3.99. The lowest BCUT2D eigenvalue weighted by molar-refractivity contribution is -0.132. The molecule has 1 saturated heterocycles. The van der Waals surface area contributed by atoms with Crippen LogP contribution in [0.1, 0.15) is 18.4 Å².